The molecule has 0 saturated heterocycles. The monoisotopic (exact) mass is 445 g/mol. The summed E-state index contributed by atoms with van der Waals surface area (Å²) in [7, 11) is -2.17. The smallest absolute Gasteiger partial charge is 0.321 e. The second-order valence-corrected chi connectivity index (χ2v) is 9.75. The van der Waals surface area contributed by atoms with E-state index in [4.69, 9.17) is 9.47 Å². The molecule has 2 aromatic rings. The molecule has 1 N–H and O–H groups in total. The summed E-state index contributed by atoms with van der Waals surface area (Å²) in [4.78, 5) is 14.2. The summed E-state index contributed by atoms with van der Waals surface area (Å²) in [6, 6.07) is 12.1. The third kappa shape index (κ3) is 4.33. The van der Waals surface area contributed by atoms with E-state index in [1.807, 2.05) is 25.1 Å². The van der Waals surface area contributed by atoms with E-state index in [-0.39, 0.29) is 24.1 Å². The van der Waals surface area contributed by atoms with Crippen molar-refractivity contribution in [3.05, 3.63) is 48.0 Å². The highest BCUT2D eigenvalue weighted by Gasteiger charge is 2.30. The number of para-hydroxylation sites is 2. The van der Waals surface area contributed by atoms with Gasteiger partial charge in [0.2, 0.25) is 10.0 Å². The molecule has 2 aromatic carbocycles. The van der Waals surface area contributed by atoms with Gasteiger partial charge in [-0.1, -0.05) is 19.1 Å². The molecule has 0 aromatic heterocycles. The molecule has 0 spiro atoms. The Bertz CT molecular complexity index is 1070. The van der Waals surface area contributed by atoms with Crippen molar-refractivity contribution >= 4 is 21.7 Å². The SMILES string of the molecule is CCCNC(=O)N1CCc2cc(S(=O)(=O)N(C)CC3COc4ccccc4O3)ccc21. The van der Waals surface area contributed by atoms with E-state index in [1.165, 1.54) is 11.4 Å². The number of nitrogens with one attached hydrogen (secondary N) is 1. The van der Waals surface area contributed by atoms with E-state index in [0.29, 0.717) is 31.0 Å². The van der Waals surface area contributed by atoms with Gasteiger partial charge in [-0.15, -0.1) is 0 Å². The van der Waals surface area contributed by atoms with Gasteiger partial charge in [-0.25, -0.2) is 13.2 Å². The van der Waals surface area contributed by atoms with Gasteiger partial charge in [-0.05, 0) is 48.7 Å². The maximum Gasteiger partial charge on any atom is 0.321 e. The van der Waals surface area contributed by atoms with Crippen LogP contribution in [0.15, 0.2) is 47.4 Å². The minimum atomic E-state index is -3.71. The Morgan fingerprint density at radius 2 is 2.00 bits per heavy atom. The first-order valence-corrected chi connectivity index (χ1v) is 11.9. The van der Waals surface area contributed by atoms with Gasteiger partial charge < -0.3 is 14.8 Å². The molecule has 0 fully saturated rings. The van der Waals surface area contributed by atoms with Crippen LogP contribution in [-0.4, -0.2) is 58.1 Å². The van der Waals surface area contributed by atoms with Crippen LogP contribution >= 0.6 is 0 Å². The molecule has 9 heteroatoms. The van der Waals surface area contributed by atoms with E-state index >= 15 is 0 Å². The molecular weight excluding hydrogens is 418 g/mol. The number of benzene rings is 2. The van der Waals surface area contributed by atoms with Crippen molar-refractivity contribution in [2.24, 2.45) is 0 Å². The van der Waals surface area contributed by atoms with Crippen LogP contribution in [0.3, 0.4) is 0 Å². The molecule has 1 atom stereocenters. The number of hydrogen-bond acceptors (Lipinski definition) is 5. The van der Waals surface area contributed by atoms with Crippen molar-refractivity contribution in [3.8, 4) is 11.5 Å². The fourth-order valence-corrected chi connectivity index (χ4v) is 5.05. The molecular formula is C22H27N3O5S. The Labute approximate surface area is 182 Å². The molecule has 2 aliphatic rings. The number of ether oxygens (including phenoxy) is 2. The zero-order valence-electron chi connectivity index (χ0n) is 17.7. The molecule has 0 saturated carbocycles. The molecule has 31 heavy (non-hydrogen) atoms. The first-order valence-electron chi connectivity index (χ1n) is 10.4. The first kappa shape index (κ1) is 21.5. The number of anilines is 1. The molecule has 8 nitrogen and oxygen atoms in total. The fraction of sp³-hybridized carbons (Fsp3) is 0.409. The maximum absolute atomic E-state index is 13.1. The number of carbonyl (C=O) groups is 1. The predicted molar refractivity (Wildman–Crippen MR) is 117 cm³/mol. The average Bonchev–Trinajstić information content (AvgIpc) is 3.20. The number of rotatable bonds is 6. The van der Waals surface area contributed by atoms with Crippen molar-refractivity contribution in [2.45, 2.75) is 30.8 Å². The number of urea groups is 1. The van der Waals surface area contributed by atoms with E-state index < -0.39 is 16.1 Å². The summed E-state index contributed by atoms with van der Waals surface area (Å²) in [6.45, 7) is 3.59. The van der Waals surface area contributed by atoms with Gasteiger partial charge >= 0.3 is 6.03 Å². The van der Waals surface area contributed by atoms with Crippen LogP contribution < -0.4 is 19.7 Å². The number of likely N-dealkylation sites (N-methyl/N-ethyl adjacent to an activating group) is 1. The molecule has 2 heterocycles. The van der Waals surface area contributed by atoms with Gasteiger partial charge in [0.15, 0.2) is 11.5 Å². The Morgan fingerprint density at radius 3 is 2.77 bits per heavy atom. The van der Waals surface area contributed by atoms with Gasteiger partial charge in [0, 0.05) is 25.8 Å². The number of hydrogen-bond donors (Lipinski definition) is 1. The Kier molecular flexibility index (Phi) is 6.06. The molecule has 1 unspecified atom stereocenters. The number of amides is 2. The summed E-state index contributed by atoms with van der Waals surface area (Å²) < 4.78 is 39.2. The summed E-state index contributed by atoms with van der Waals surface area (Å²) in [5, 5.41) is 2.87. The van der Waals surface area contributed by atoms with Crippen LogP contribution in [-0.2, 0) is 16.4 Å². The Balaban J connectivity index is 1.46. The van der Waals surface area contributed by atoms with Crippen LogP contribution in [0.4, 0.5) is 10.5 Å². The minimum Gasteiger partial charge on any atom is -0.486 e. The number of sulfonamides is 1. The van der Waals surface area contributed by atoms with Crippen LogP contribution in [0.5, 0.6) is 11.5 Å². The van der Waals surface area contributed by atoms with E-state index in [1.54, 1.807) is 29.2 Å². The molecule has 0 bridgehead atoms. The quantitative estimate of drug-likeness (QED) is 0.739. The van der Waals surface area contributed by atoms with Gasteiger partial charge in [0.05, 0.1) is 11.4 Å². The van der Waals surface area contributed by atoms with Gasteiger partial charge in [-0.2, -0.15) is 4.31 Å². The second-order valence-electron chi connectivity index (χ2n) is 7.71. The number of carbonyl (C=O) groups excluding carboxylic acids is 1. The molecule has 4 rings (SSSR count). The van der Waals surface area contributed by atoms with Crippen LogP contribution in [0.25, 0.3) is 0 Å². The highest BCUT2D eigenvalue weighted by atomic mass is 32.2. The Morgan fingerprint density at radius 1 is 1.23 bits per heavy atom. The summed E-state index contributed by atoms with van der Waals surface area (Å²) >= 11 is 0. The lowest BCUT2D eigenvalue weighted by Crippen LogP contribution is -2.41. The largest absolute Gasteiger partial charge is 0.486 e. The molecule has 0 aliphatic carbocycles. The highest BCUT2D eigenvalue weighted by molar-refractivity contribution is 7.89. The number of nitrogens with zero attached hydrogens (tertiary/aromatic N) is 2. The molecule has 2 aliphatic heterocycles. The van der Waals surface area contributed by atoms with E-state index in [9.17, 15) is 13.2 Å². The Hall–Kier alpha value is -2.78. The normalized spacial score (nSPS) is 17.5. The van der Waals surface area contributed by atoms with Gasteiger partial charge in [-0.3, -0.25) is 4.90 Å². The van der Waals surface area contributed by atoms with Crippen LogP contribution in [0, 0.1) is 0 Å². The maximum atomic E-state index is 13.1. The van der Waals surface area contributed by atoms with Crippen molar-refractivity contribution in [1.82, 2.24) is 9.62 Å². The topological polar surface area (TPSA) is 88.2 Å². The lowest BCUT2D eigenvalue weighted by atomic mass is 10.2. The highest BCUT2D eigenvalue weighted by Crippen LogP contribution is 2.33. The third-order valence-corrected chi connectivity index (χ3v) is 7.27. The van der Waals surface area contributed by atoms with Crippen molar-refractivity contribution < 1.29 is 22.7 Å². The zero-order chi connectivity index (χ0) is 22.0. The van der Waals surface area contributed by atoms with Crippen molar-refractivity contribution in [2.75, 3.05) is 38.2 Å². The van der Waals surface area contributed by atoms with Crippen molar-refractivity contribution in [1.29, 1.82) is 0 Å². The summed E-state index contributed by atoms with van der Waals surface area (Å²) in [5.74, 6) is 1.28. The van der Waals surface area contributed by atoms with Gasteiger partial charge in [0.1, 0.15) is 12.7 Å². The molecule has 2 amide bonds. The van der Waals surface area contributed by atoms with Crippen LogP contribution in [0.2, 0.25) is 0 Å². The molecule has 0 radical (unpaired) electrons. The summed E-state index contributed by atoms with van der Waals surface area (Å²) in [6.07, 6.45) is 1.08. The standard InChI is InChI=1S/C22H27N3O5S/c1-3-11-23-22(26)25-12-10-16-13-18(8-9-19(16)25)31(27,28)24(2)14-17-15-29-20-6-4-5-7-21(20)30-17/h4-9,13,17H,3,10-12,14-15H2,1-2H3,(H,23,26). The van der Waals surface area contributed by atoms with Crippen molar-refractivity contribution in [3.63, 3.8) is 0 Å². The average molecular weight is 446 g/mol. The van der Waals surface area contributed by atoms with Gasteiger partial charge in [0.25, 0.3) is 0 Å². The van der Waals surface area contributed by atoms with E-state index in [2.05, 4.69) is 5.32 Å². The third-order valence-electron chi connectivity index (χ3n) is 5.45. The minimum absolute atomic E-state index is 0.150. The lowest BCUT2D eigenvalue weighted by molar-refractivity contribution is 0.0798. The van der Waals surface area contributed by atoms with Crippen LogP contribution in [0.1, 0.15) is 18.9 Å². The number of fused-ring (bicyclic) bond motifs is 2. The van der Waals surface area contributed by atoms with E-state index in [0.717, 1.165) is 17.7 Å². The summed E-state index contributed by atoms with van der Waals surface area (Å²) in [5.41, 5.74) is 1.61. The fourth-order valence-electron chi connectivity index (χ4n) is 3.79. The predicted octanol–water partition coefficient (Wildman–Crippen LogP) is 2.63. The first-order chi connectivity index (χ1) is 14.9. The second kappa shape index (κ2) is 8.76. The molecule has 166 valence electrons. The zero-order valence-corrected chi connectivity index (χ0v) is 18.5. The lowest BCUT2D eigenvalue weighted by Gasteiger charge is -2.29.